The molecule has 30 heavy (non-hydrogen) atoms. The lowest BCUT2D eigenvalue weighted by Gasteiger charge is -2.46. The molecule has 164 valence electrons. The molecule has 1 spiro atoms. The first kappa shape index (κ1) is 20.9. The minimum absolute atomic E-state index is 0.0265. The normalized spacial score (nSPS) is 21.9. The molecular formula is C22H31N3O5. The maximum absolute atomic E-state index is 12.6. The van der Waals surface area contributed by atoms with Crippen LogP contribution in [0.5, 0.6) is 11.5 Å². The van der Waals surface area contributed by atoms with E-state index in [1.807, 2.05) is 0 Å². The smallest absolute Gasteiger partial charge is 0.321 e. The van der Waals surface area contributed by atoms with E-state index in [-0.39, 0.29) is 23.9 Å². The molecule has 0 bridgehead atoms. The first-order valence-corrected chi connectivity index (χ1v) is 10.8. The number of nitrogens with one attached hydrogen (secondary N) is 2. The van der Waals surface area contributed by atoms with Crippen LogP contribution in [0.25, 0.3) is 0 Å². The monoisotopic (exact) mass is 417 g/mol. The Labute approximate surface area is 177 Å². The molecule has 0 radical (unpaired) electrons. The average molecular weight is 418 g/mol. The van der Waals surface area contributed by atoms with Crippen LogP contribution in [0, 0.1) is 0 Å². The van der Waals surface area contributed by atoms with Gasteiger partial charge in [-0.25, -0.2) is 4.79 Å². The number of benzene rings is 1. The largest absolute Gasteiger partial charge is 0.486 e. The molecule has 2 N–H and O–H groups in total. The first-order valence-electron chi connectivity index (χ1n) is 10.8. The van der Waals surface area contributed by atoms with Crippen molar-refractivity contribution in [1.82, 2.24) is 15.5 Å². The van der Waals surface area contributed by atoms with E-state index in [0.29, 0.717) is 26.4 Å². The summed E-state index contributed by atoms with van der Waals surface area (Å²) in [7, 11) is 1.56. The Morgan fingerprint density at radius 1 is 1.20 bits per heavy atom. The van der Waals surface area contributed by atoms with E-state index < -0.39 is 6.03 Å². The summed E-state index contributed by atoms with van der Waals surface area (Å²) in [4.78, 5) is 26.7. The summed E-state index contributed by atoms with van der Waals surface area (Å²) in [5.41, 5.74) is 2.56. The number of rotatable bonds is 5. The molecule has 1 aliphatic carbocycles. The SMILES string of the molecule is COCCNC(=O)NC(=O)CN1CC2(CCCC2)c2cc3c(cc2[C@H]1C)OCCO3. The Balaban J connectivity index is 1.52. The molecule has 1 atom stereocenters. The van der Waals surface area contributed by atoms with Crippen molar-refractivity contribution < 1.29 is 23.8 Å². The van der Waals surface area contributed by atoms with Crippen LogP contribution in [0.1, 0.15) is 49.8 Å². The van der Waals surface area contributed by atoms with Gasteiger partial charge in [0.05, 0.1) is 13.2 Å². The minimum atomic E-state index is -0.489. The Kier molecular flexibility index (Phi) is 6.15. The van der Waals surface area contributed by atoms with E-state index in [9.17, 15) is 9.59 Å². The highest BCUT2D eigenvalue weighted by atomic mass is 16.6. The number of nitrogens with zero attached hydrogens (tertiary/aromatic N) is 1. The van der Waals surface area contributed by atoms with Crippen molar-refractivity contribution in [3.8, 4) is 11.5 Å². The Hall–Kier alpha value is -2.32. The highest BCUT2D eigenvalue weighted by Gasteiger charge is 2.45. The fourth-order valence-electron chi connectivity index (χ4n) is 5.05. The van der Waals surface area contributed by atoms with Gasteiger partial charge in [-0.1, -0.05) is 12.8 Å². The predicted octanol–water partition coefficient (Wildman–Crippen LogP) is 2.12. The van der Waals surface area contributed by atoms with Crippen LogP contribution in [0.15, 0.2) is 12.1 Å². The van der Waals surface area contributed by atoms with Gasteiger partial charge >= 0.3 is 6.03 Å². The van der Waals surface area contributed by atoms with Crippen molar-refractivity contribution in [2.45, 2.75) is 44.1 Å². The van der Waals surface area contributed by atoms with Gasteiger partial charge in [-0.15, -0.1) is 0 Å². The molecule has 1 fully saturated rings. The summed E-state index contributed by atoms with van der Waals surface area (Å²) >= 11 is 0. The minimum Gasteiger partial charge on any atom is -0.486 e. The maximum atomic E-state index is 12.6. The van der Waals surface area contributed by atoms with Crippen molar-refractivity contribution in [2.24, 2.45) is 0 Å². The van der Waals surface area contributed by atoms with Gasteiger partial charge in [-0.2, -0.15) is 0 Å². The molecule has 4 rings (SSSR count). The van der Waals surface area contributed by atoms with E-state index in [4.69, 9.17) is 14.2 Å². The highest BCUT2D eigenvalue weighted by molar-refractivity contribution is 5.95. The van der Waals surface area contributed by atoms with Gasteiger partial charge < -0.3 is 19.5 Å². The van der Waals surface area contributed by atoms with Gasteiger partial charge in [0.15, 0.2) is 11.5 Å². The van der Waals surface area contributed by atoms with E-state index >= 15 is 0 Å². The van der Waals surface area contributed by atoms with Crippen LogP contribution in [0.4, 0.5) is 4.79 Å². The Morgan fingerprint density at radius 3 is 2.60 bits per heavy atom. The summed E-state index contributed by atoms with van der Waals surface area (Å²) in [6.07, 6.45) is 4.57. The number of methoxy groups -OCH3 is 1. The number of carbonyl (C=O) groups excluding carboxylic acids is 2. The number of fused-ring (bicyclic) bond motifs is 3. The van der Waals surface area contributed by atoms with Gasteiger partial charge in [0.1, 0.15) is 13.2 Å². The van der Waals surface area contributed by atoms with E-state index in [2.05, 4.69) is 34.6 Å². The van der Waals surface area contributed by atoms with Crippen LogP contribution >= 0.6 is 0 Å². The molecule has 8 heteroatoms. The molecule has 3 amide bonds. The van der Waals surface area contributed by atoms with Crippen LogP contribution in [-0.4, -0.2) is 63.4 Å². The quantitative estimate of drug-likeness (QED) is 0.714. The fraction of sp³-hybridized carbons (Fsp3) is 0.636. The molecular weight excluding hydrogens is 386 g/mol. The molecule has 1 aromatic rings. The number of imide groups is 1. The predicted molar refractivity (Wildman–Crippen MR) is 111 cm³/mol. The zero-order valence-corrected chi connectivity index (χ0v) is 17.8. The molecule has 0 unspecified atom stereocenters. The zero-order valence-electron chi connectivity index (χ0n) is 17.8. The van der Waals surface area contributed by atoms with Gasteiger partial charge in [0, 0.05) is 31.7 Å². The molecule has 0 aromatic heterocycles. The third-order valence-electron chi connectivity index (χ3n) is 6.54. The summed E-state index contributed by atoms with van der Waals surface area (Å²) in [6, 6.07) is 3.82. The van der Waals surface area contributed by atoms with Crippen molar-refractivity contribution >= 4 is 11.9 Å². The summed E-state index contributed by atoms with van der Waals surface area (Å²) in [5.74, 6) is 1.31. The van der Waals surface area contributed by atoms with Crippen molar-refractivity contribution in [2.75, 3.05) is 46.6 Å². The second-order valence-electron chi connectivity index (χ2n) is 8.45. The summed E-state index contributed by atoms with van der Waals surface area (Å²) in [6.45, 7) is 4.99. The first-order chi connectivity index (χ1) is 14.5. The number of hydrogen-bond donors (Lipinski definition) is 2. The second-order valence-corrected chi connectivity index (χ2v) is 8.45. The number of urea groups is 1. The van der Waals surface area contributed by atoms with Gasteiger partial charge in [-0.3, -0.25) is 15.0 Å². The second kappa shape index (κ2) is 8.81. The third kappa shape index (κ3) is 4.11. The number of ether oxygens (including phenoxy) is 3. The van der Waals surface area contributed by atoms with Gasteiger partial charge in [-0.05, 0) is 43.0 Å². The van der Waals surface area contributed by atoms with Crippen LogP contribution < -0.4 is 20.1 Å². The Morgan fingerprint density at radius 2 is 1.90 bits per heavy atom. The van der Waals surface area contributed by atoms with Crippen molar-refractivity contribution in [3.63, 3.8) is 0 Å². The van der Waals surface area contributed by atoms with Crippen molar-refractivity contribution in [1.29, 1.82) is 0 Å². The summed E-state index contributed by atoms with van der Waals surface area (Å²) in [5, 5.41) is 5.05. The average Bonchev–Trinajstić information content (AvgIpc) is 3.20. The molecule has 2 heterocycles. The molecule has 0 saturated heterocycles. The number of carbonyl (C=O) groups is 2. The van der Waals surface area contributed by atoms with Crippen LogP contribution in [0.3, 0.4) is 0 Å². The lowest BCUT2D eigenvalue weighted by atomic mass is 9.71. The summed E-state index contributed by atoms with van der Waals surface area (Å²) < 4.78 is 16.6. The number of hydrogen-bond acceptors (Lipinski definition) is 6. The van der Waals surface area contributed by atoms with E-state index in [1.165, 1.54) is 24.0 Å². The van der Waals surface area contributed by atoms with E-state index in [1.54, 1.807) is 7.11 Å². The zero-order chi connectivity index (χ0) is 21.1. The van der Waals surface area contributed by atoms with Crippen LogP contribution in [-0.2, 0) is 14.9 Å². The fourth-order valence-corrected chi connectivity index (χ4v) is 5.05. The lowest BCUT2D eigenvalue weighted by Crippen LogP contribution is -2.51. The third-order valence-corrected chi connectivity index (χ3v) is 6.54. The Bertz CT molecular complexity index is 806. The highest BCUT2D eigenvalue weighted by Crippen LogP contribution is 2.51. The molecule has 2 aliphatic heterocycles. The molecule has 1 saturated carbocycles. The van der Waals surface area contributed by atoms with Gasteiger partial charge in [0.25, 0.3) is 0 Å². The number of amides is 3. The lowest BCUT2D eigenvalue weighted by molar-refractivity contribution is -0.122. The molecule has 3 aliphatic rings. The van der Waals surface area contributed by atoms with E-state index in [0.717, 1.165) is 30.9 Å². The topological polar surface area (TPSA) is 89.1 Å². The standard InChI is InChI=1S/C22H31N3O5/c1-15-16-11-18-19(30-10-9-29-18)12-17(16)22(5-3-4-6-22)14-25(15)13-20(26)24-21(27)23-7-8-28-2/h11-12,15H,3-10,13-14H2,1-2H3,(H2,23,24,26,27)/t15-/m1/s1. The molecule has 1 aromatic carbocycles. The van der Waals surface area contributed by atoms with Crippen molar-refractivity contribution in [3.05, 3.63) is 23.3 Å². The van der Waals surface area contributed by atoms with Gasteiger partial charge in [0.2, 0.25) is 5.91 Å². The maximum Gasteiger partial charge on any atom is 0.321 e. The molecule has 8 nitrogen and oxygen atoms in total. The van der Waals surface area contributed by atoms with Crippen LogP contribution in [0.2, 0.25) is 0 Å².